The smallest absolute Gasteiger partial charge is 0.266 e. The number of anilines is 2. The molecule has 10 nitrogen and oxygen atoms in total. The van der Waals surface area contributed by atoms with Crippen LogP contribution in [0.1, 0.15) is 10.5 Å². The van der Waals surface area contributed by atoms with Crippen LogP contribution in [0.5, 0.6) is 0 Å². The molecule has 3 rings (SSSR count). The number of imidazole rings is 1. The molecule has 0 aliphatic carbocycles. The Kier molecular flexibility index (Phi) is 5.61. The van der Waals surface area contributed by atoms with Crippen LogP contribution in [0.4, 0.5) is 15.1 Å². The second kappa shape index (κ2) is 7.97. The van der Waals surface area contributed by atoms with Crippen molar-refractivity contribution in [1.82, 2.24) is 9.55 Å². The first kappa shape index (κ1) is 20.4. The number of carbonyl (C=O) groups is 2. The summed E-state index contributed by atoms with van der Waals surface area (Å²) in [7, 11) is -2.50. The van der Waals surface area contributed by atoms with Crippen LogP contribution in [0.25, 0.3) is 0 Å². The minimum Gasteiger partial charge on any atom is -0.543 e. The highest BCUT2D eigenvalue weighted by atomic mass is 32.2. The van der Waals surface area contributed by atoms with Gasteiger partial charge >= 0.3 is 0 Å². The van der Waals surface area contributed by atoms with Gasteiger partial charge in [0.1, 0.15) is 28.9 Å². The average molecular weight is 439 g/mol. The van der Waals surface area contributed by atoms with Gasteiger partial charge in [-0.2, -0.15) is 0 Å². The molecule has 0 aliphatic rings. The molecule has 0 saturated heterocycles. The number of carboxylic acid groups (broad SMARTS) is 1. The SMILES string of the molecule is C[n+]1ccn(CC(=O)Nc2ccc(S(=O)(=O)Nc3scnc3C(=O)[O-])cc2F)c1. The molecule has 0 radical (unpaired) electrons. The Morgan fingerprint density at radius 1 is 1.38 bits per heavy atom. The van der Waals surface area contributed by atoms with Crippen molar-refractivity contribution in [3.8, 4) is 0 Å². The average Bonchev–Trinajstić information content (AvgIpc) is 3.25. The Labute approximate surface area is 168 Å². The fourth-order valence-corrected chi connectivity index (χ4v) is 4.36. The van der Waals surface area contributed by atoms with E-state index >= 15 is 0 Å². The lowest BCUT2D eigenvalue weighted by atomic mass is 10.3. The molecule has 13 heteroatoms. The van der Waals surface area contributed by atoms with Gasteiger partial charge in [0.05, 0.1) is 29.1 Å². The number of carboxylic acids is 1. The van der Waals surface area contributed by atoms with Crippen LogP contribution in [0, 0.1) is 5.82 Å². The zero-order chi connectivity index (χ0) is 21.2. The monoisotopic (exact) mass is 439 g/mol. The molecule has 0 spiro atoms. The van der Waals surface area contributed by atoms with Crippen LogP contribution >= 0.6 is 11.3 Å². The van der Waals surface area contributed by atoms with E-state index in [2.05, 4.69) is 10.3 Å². The second-order valence-electron chi connectivity index (χ2n) is 5.86. The van der Waals surface area contributed by atoms with Gasteiger partial charge in [-0.05, 0) is 18.2 Å². The van der Waals surface area contributed by atoms with E-state index in [9.17, 15) is 27.5 Å². The molecule has 0 unspecified atom stereocenters. The van der Waals surface area contributed by atoms with Crippen LogP contribution < -0.4 is 19.7 Å². The van der Waals surface area contributed by atoms with Crippen LogP contribution in [-0.4, -0.2) is 29.8 Å². The van der Waals surface area contributed by atoms with Gasteiger partial charge in [-0.3, -0.25) is 9.52 Å². The minimum absolute atomic E-state index is 0.0563. The first-order chi connectivity index (χ1) is 13.7. The van der Waals surface area contributed by atoms with Gasteiger partial charge in [-0.25, -0.2) is 26.9 Å². The number of nitrogens with one attached hydrogen (secondary N) is 2. The van der Waals surface area contributed by atoms with E-state index in [-0.39, 0.29) is 17.2 Å². The topological polar surface area (TPSA) is 137 Å². The zero-order valence-corrected chi connectivity index (χ0v) is 16.5. The Morgan fingerprint density at radius 2 is 2.14 bits per heavy atom. The molecule has 0 saturated carbocycles. The lowest BCUT2D eigenvalue weighted by Crippen LogP contribution is -2.25. The van der Waals surface area contributed by atoms with Gasteiger partial charge < -0.3 is 15.2 Å². The number of amides is 1. The number of hydrogen-bond acceptors (Lipinski definition) is 7. The highest BCUT2D eigenvalue weighted by Gasteiger charge is 2.20. The largest absolute Gasteiger partial charge is 0.543 e. The van der Waals surface area contributed by atoms with E-state index in [1.165, 1.54) is 0 Å². The summed E-state index contributed by atoms with van der Waals surface area (Å²) in [4.78, 5) is 26.0. The number of sulfonamides is 1. The Balaban J connectivity index is 1.75. The van der Waals surface area contributed by atoms with Crippen molar-refractivity contribution in [2.75, 3.05) is 10.0 Å². The Hall–Kier alpha value is -3.32. The third-order valence-corrected chi connectivity index (χ3v) is 5.88. The van der Waals surface area contributed by atoms with Crippen LogP contribution in [-0.2, 0) is 28.4 Å². The van der Waals surface area contributed by atoms with Crippen molar-refractivity contribution in [2.45, 2.75) is 11.4 Å². The third-order valence-electron chi connectivity index (χ3n) is 3.66. The minimum atomic E-state index is -4.28. The summed E-state index contributed by atoms with van der Waals surface area (Å²) in [6, 6.07) is 2.90. The first-order valence-electron chi connectivity index (χ1n) is 7.94. The number of benzene rings is 1. The lowest BCUT2D eigenvalue weighted by Gasteiger charge is -2.10. The van der Waals surface area contributed by atoms with E-state index < -0.39 is 38.3 Å². The van der Waals surface area contributed by atoms with Crippen molar-refractivity contribution in [3.63, 3.8) is 0 Å². The summed E-state index contributed by atoms with van der Waals surface area (Å²) >= 11 is 0.741. The predicted molar refractivity (Wildman–Crippen MR) is 97.9 cm³/mol. The molecule has 0 fully saturated rings. The molecule has 29 heavy (non-hydrogen) atoms. The quantitative estimate of drug-likeness (QED) is 0.486. The molecule has 1 aromatic carbocycles. The van der Waals surface area contributed by atoms with E-state index in [1.54, 1.807) is 34.9 Å². The molecule has 1 amide bonds. The van der Waals surface area contributed by atoms with Crippen LogP contribution in [0.3, 0.4) is 0 Å². The van der Waals surface area contributed by atoms with Gasteiger partial charge in [0, 0.05) is 0 Å². The van der Waals surface area contributed by atoms with Gasteiger partial charge in [0.2, 0.25) is 6.33 Å². The molecule has 0 atom stereocenters. The van der Waals surface area contributed by atoms with Gasteiger partial charge in [-0.1, -0.05) is 0 Å². The second-order valence-corrected chi connectivity index (χ2v) is 8.40. The highest BCUT2D eigenvalue weighted by molar-refractivity contribution is 7.93. The summed E-state index contributed by atoms with van der Waals surface area (Å²) in [5, 5.41) is 13.0. The number of aromatic nitrogens is 3. The molecule has 2 N–H and O–H groups in total. The molecule has 2 heterocycles. The summed E-state index contributed by atoms with van der Waals surface area (Å²) < 4.78 is 44.5. The third kappa shape index (κ3) is 4.75. The molecule has 3 aromatic rings. The van der Waals surface area contributed by atoms with Crippen LogP contribution in [0.2, 0.25) is 0 Å². The lowest BCUT2D eigenvalue weighted by molar-refractivity contribution is -0.671. The van der Waals surface area contributed by atoms with Gasteiger partial charge in [0.15, 0.2) is 6.54 Å². The van der Waals surface area contributed by atoms with Crippen molar-refractivity contribution in [2.24, 2.45) is 7.05 Å². The summed E-state index contributed by atoms with van der Waals surface area (Å²) in [5.74, 6) is -3.12. The van der Waals surface area contributed by atoms with Gasteiger partial charge in [-0.15, -0.1) is 11.3 Å². The van der Waals surface area contributed by atoms with E-state index in [1.807, 2.05) is 4.72 Å². The summed E-state index contributed by atoms with van der Waals surface area (Å²) in [6.45, 7) is -0.0563. The number of hydrogen-bond donors (Lipinski definition) is 2. The number of aryl methyl sites for hydroxylation is 1. The molecule has 152 valence electrons. The van der Waals surface area contributed by atoms with E-state index in [4.69, 9.17) is 0 Å². The zero-order valence-electron chi connectivity index (χ0n) is 14.8. The fourth-order valence-electron chi connectivity index (χ4n) is 2.36. The van der Waals surface area contributed by atoms with Crippen molar-refractivity contribution in [3.05, 3.63) is 53.9 Å². The van der Waals surface area contributed by atoms with E-state index in [0.29, 0.717) is 6.07 Å². The summed E-state index contributed by atoms with van der Waals surface area (Å²) in [5.41, 5.74) is 0.368. The maximum Gasteiger partial charge on any atom is 0.266 e. The summed E-state index contributed by atoms with van der Waals surface area (Å²) in [6.07, 6.45) is 5.06. The fraction of sp³-hybridized carbons (Fsp3) is 0.125. The maximum atomic E-state index is 14.3. The van der Waals surface area contributed by atoms with Crippen molar-refractivity contribution in [1.29, 1.82) is 0 Å². The number of nitrogens with zero attached hydrogens (tertiary/aromatic N) is 3. The normalized spacial score (nSPS) is 11.2. The molecular weight excluding hydrogens is 425 g/mol. The Bertz CT molecular complexity index is 1190. The maximum absolute atomic E-state index is 14.3. The highest BCUT2D eigenvalue weighted by Crippen LogP contribution is 2.25. The number of carbonyl (C=O) groups excluding carboxylic acids is 2. The van der Waals surface area contributed by atoms with Crippen molar-refractivity contribution < 1.29 is 32.1 Å². The molecule has 2 aromatic heterocycles. The Morgan fingerprint density at radius 3 is 2.76 bits per heavy atom. The first-order valence-corrected chi connectivity index (χ1v) is 10.3. The molecule has 0 bridgehead atoms. The number of thiazole rings is 1. The predicted octanol–water partition coefficient (Wildman–Crippen LogP) is -0.289. The van der Waals surface area contributed by atoms with Crippen LogP contribution in [0.15, 0.2) is 47.3 Å². The molecular formula is C16H14FN5O5S2. The van der Waals surface area contributed by atoms with Gasteiger partial charge in [0.25, 0.3) is 15.9 Å². The number of rotatable bonds is 7. The van der Waals surface area contributed by atoms with E-state index in [0.717, 1.165) is 29.0 Å². The number of aromatic carboxylic acids is 1. The van der Waals surface area contributed by atoms with Crippen molar-refractivity contribution >= 4 is 43.9 Å². The number of halogens is 1. The standard InChI is InChI=1S/C16H14FN5O5S2/c1-21-4-5-22(9-21)7-13(23)19-12-3-2-10(6-11(12)17)29(26,27)20-15-14(16(24)25)18-8-28-15/h2-6,8-9,20H,7H2,1H3,(H-,19,23,24,25). The molecule has 0 aliphatic heterocycles.